The summed E-state index contributed by atoms with van der Waals surface area (Å²) in [5.41, 5.74) is 3.53. The molecule has 0 bridgehead atoms. The molecule has 0 amide bonds. The number of hydrogen-bond donors (Lipinski definition) is 1. The normalized spacial score (nSPS) is 21.8. The summed E-state index contributed by atoms with van der Waals surface area (Å²) >= 11 is 6.04. The Morgan fingerprint density at radius 1 is 1.35 bits per heavy atom. The van der Waals surface area contributed by atoms with Gasteiger partial charge in [0.15, 0.2) is 0 Å². The molecule has 0 spiro atoms. The summed E-state index contributed by atoms with van der Waals surface area (Å²) in [6.45, 7) is 4.80. The number of nitrogens with zero attached hydrogens (tertiary/aromatic N) is 1. The Labute approximate surface area is 124 Å². The molecule has 106 valence electrons. The van der Waals surface area contributed by atoms with Crippen LogP contribution in [0.4, 0.5) is 0 Å². The van der Waals surface area contributed by atoms with E-state index in [4.69, 9.17) is 16.1 Å². The lowest BCUT2D eigenvalue weighted by atomic mass is 9.76. The zero-order valence-corrected chi connectivity index (χ0v) is 12.6. The average molecular weight is 291 g/mol. The van der Waals surface area contributed by atoms with Crippen LogP contribution in [-0.4, -0.2) is 11.2 Å². The molecule has 1 aromatic heterocycles. The molecular weight excluding hydrogens is 272 g/mol. The smallest absolute Gasteiger partial charge is 0.138 e. The van der Waals surface area contributed by atoms with Gasteiger partial charge in [0.05, 0.1) is 5.69 Å². The quantitative estimate of drug-likeness (QED) is 0.925. The molecular formula is C16H19ClN2O. The zero-order chi connectivity index (χ0) is 14.1. The minimum absolute atomic E-state index is 0.577. The highest BCUT2D eigenvalue weighted by molar-refractivity contribution is 6.30. The second-order valence-corrected chi connectivity index (χ2v) is 6.04. The van der Waals surface area contributed by atoms with Crippen LogP contribution in [0.1, 0.15) is 41.3 Å². The number of aromatic nitrogens is 1. The van der Waals surface area contributed by atoms with Gasteiger partial charge in [0, 0.05) is 23.2 Å². The van der Waals surface area contributed by atoms with Gasteiger partial charge in [0.2, 0.25) is 0 Å². The van der Waals surface area contributed by atoms with Crippen molar-refractivity contribution in [3.05, 3.63) is 51.9 Å². The summed E-state index contributed by atoms with van der Waals surface area (Å²) in [6, 6.07) is 8.78. The molecule has 1 fully saturated rings. The van der Waals surface area contributed by atoms with Crippen molar-refractivity contribution in [2.24, 2.45) is 0 Å². The van der Waals surface area contributed by atoms with E-state index in [2.05, 4.69) is 22.6 Å². The van der Waals surface area contributed by atoms with Crippen molar-refractivity contribution in [3.63, 3.8) is 0 Å². The standard InChI is InChI=1S/C16H19ClN2O/c1-10-16(11(2)20-19-10)9-18-15-7-13(8-15)12-4-3-5-14(17)6-12/h3-6,13,15,18H,7-9H2,1-2H3. The van der Waals surface area contributed by atoms with Crippen molar-refractivity contribution in [2.75, 3.05) is 0 Å². The minimum Gasteiger partial charge on any atom is -0.361 e. The van der Waals surface area contributed by atoms with Gasteiger partial charge in [0.25, 0.3) is 0 Å². The average Bonchev–Trinajstić information content (AvgIpc) is 2.68. The maximum atomic E-state index is 6.04. The molecule has 2 aromatic rings. The third-order valence-electron chi connectivity index (χ3n) is 4.21. The number of hydrogen-bond acceptors (Lipinski definition) is 3. The highest BCUT2D eigenvalue weighted by Crippen LogP contribution is 2.37. The SMILES string of the molecule is Cc1noc(C)c1CNC1CC(c2cccc(Cl)c2)C1. The molecule has 0 radical (unpaired) electrons. The van der Waals surface area contributed by atoms with Crippen molar-refractivity contribution in [2.45, 2.75) is 45.2 Å². The highest BCUT2D eigenvalue weighted by Gasteiger charge is 2.30. The van der Waals surface area contributed by atoms with Crippen molar-refractivity contribution in [1.82, 2.24) is 10.5 Å². The molecule has 0 saturated heterocycles. The van der Waals surface area contributed by atoms with Crippen molar-refractivity contribution >= 4 is 11.6 Å². The predicted octanol–water partition coefficient (Wildman–Crippen LogP) is 3.98. The van der Waals surface area contributed by atoms with Crippen LogP contribution in [-0.2, 0) is 6.54 Å². The van der Waals surface area contributed by atoms with E-state index >= 15 is 0 Å². The van der Waals surface area contributed by atoms with Gasteiger partial charge >= 0.3 is 0 Å². The molecule has 20 heavy (non-hydrogen) atoms. The first-order valence-electron chi connectivity index (χ1n) is 7.04. The van der Waals surface area contributed by atoms with Crippen LogP contribution < -0.4 is 5.32 Å². The highest BCUT2D eigenvalue weighted by atomic mass is 35.5. The van der Waals surface area contributed by atoms with Gasteiger partial charge < -0.3 is 9.84 Å². The van der Waals surface area contributed by atoms with E-state index in [1.165, 1.54) is 24.0 Å². The topological polar surface area (TPSA) is 38.1 Å². The molecule has 1 heterocycles. The fourth-order valence-corrected chi connectivity index (χ4v) is 3.02. The Bertz CT molecular complexity index is 583. The molecule has 0 aliphatic heterocycles. The third kappa shape index (κ3) is 2.74. The first kappa shape index (κ1) is 13.7. The molecule has 3 rings (SSSR count). The van der Waals surface area contributed by atoms with E-state index in [0.29, 0.717) is 12.0 Å². The van der Waals surface area contributed by atoms with Crippen LogP contribution in [0, 0.1) is 13.8 Å². The van der Waals surface area contributed by atoms with E-state index in [9.17, 15) is 0 Å². The number of rotatable bonds is 4. The summed E-state index contributed by atoms with van der Waals surface area (Å²) in [7, 11) is 0. The van der Waals surface area contributed by atoms with Gasteiger partial charge in [-0.05, 0) is 50.3 Å². The van der Waals surface area contributed by atoms with E-state index < -0.39 is 0 Å². The summed E-state index contributed by atoms with van der Waals surface area (Å²) in [4.78, 5) is 0. The van der Waals surface area contributed by atoms with Gasteiger partial charge in [0.1, 0.15) is 5.76 Å². The van der Waals surface area contributed by atoms with Crippen LogP contribution in [0.2, 0.25) is 5.02 Å². The second kappa shape index (κ2) is 5.58. The van der Waals surface area contributed by atoms with Gasteiger partial charge in [-0.3, -0.25) is 0 Å². The monoisotopic (exact) mass is 290 g/mol. The largest absolute Gasteiger partial charge is 0.361 e. The van der Waals surface area contributed by atoms with E-state index in [0.717, 1.165) is 23.0 Å². The van der Waals surface area contributed by atoms with E-state index in [-0.39, 0.29) is 0 Å². The Kier molecular flexibility index (Phi) is 3.81. The Hall–Kier alpha value is -1.32. The van der Waals surface area contributed by atoms with Crippen LogP contribution in [0.15, 0.2) is 28.8 Å². The second-order valence-electron chi connectivity index (χ2n) is 5.60. The maximum absolute atomic E-state index is 6.04. The molecule has 0 atom stereocenters. The molecule has 1 aromatic carbocycles. The molecule has 4 heteroatoms. The first-order chi connectivity index (χ1) is 9.63. The van der Waals surface area contributed by atoms with Gasteiger partial charge in [-0.1, -0.05) is 28.9 Å². The minimum atomic E-state index is 0.577. The van der Waals surface area contributed by atoms with Crippen LogP contribution >= 0.6 is 11.6 Å². The van der Waals surface area contributed by atoms with Gasteiger partial charge in [-0.25, -0.2) is 0 Å². The van der Waals surface area contributed by atoms with Crippen LogP contribution in [0.5, 0.6) is 0 Å². The van der Waals surface area contributed by atoms with Gasteiger partial charge in [-0.15, -0.1) is 0 Å². The zero-order valence-electron chi connectivity index (χ0n) is 11.8. The van der Waals surface area contributed by atoms with Crippen LogP contribution in [0.3, 0.4) is 0 Å². The number of halogens is 1. The Balaban J connectivity index is 1.52. The molecule has 1 saturated carbocycles. The maximum Gasteiger partial charge on any atom is 0.138 e. The van der Waals surface area contributed by atoms with Crippen molar-refractivity contribution in [3.8, 4) is 0 Å². The van der Waals surface area contributed by atoms with Gasteiger partial charge in [-0.2, -0.15) is 0 Å². The predicted molar refractivity (Wildman–Crippen MR) is 80.0 cm³/mol. The molecule has 1 N–H and O–H groups in total. The summed E-state index contributed by atoms with van der Waals surface area (Å²) < 4.78 is 5.18. The summed E-state index contributed by atoms with van der Waals surface area (Å²) in [5, 5.41) is 8.39. The fourth-order valence-electron chi connectivity index (χ4n) is 2.82. The fraction of sp³-hybridized carbons (Fsp3) is 0.438. The third-order valence-corrected chi connectivity index (χ3v) is 4.44. The van der Waals surface area contributed by atoms with E-state index in [1.54, 1.807) is 0 Å². The number of nitrogens with one attached hydrogen (secondary N) is 1. The van der Waals surface area contributed by atoms with Crippen molar-refractivity contribution < 1.29 is 4.52 Å². The lowest BCUT2D eigenvalue weighted by molar-refractivity contribution is 0.289. The summed E-state index contributed by atoms with van der Waals surface area (Å²) in [6.07, 6.45) is 2.34. The number of benzene rings is 1. The Morgan fingerprint density at radius 3 is 2.80 bits per heavy atom. The van der Waals surface area contributed by atoms with E-state index in [1.807, 2.05) is 26.0 Å². The molecule has 0 unspecified atom stereocenters. The summed E-state index contributed by atoms with van der Waals surface area (Å²) in [5.74, 6) is 1.55. The number of aryl methyl sites for hydroxylation is 2. The van der Waals surface area contributed by atoms with Crippen LogP contribution in [0.25, 0.3) is 0 Å². The lowest BCUT2D eigenvalue weighted by Crippen LogP contribution is -2.39. The molecule has 3 nitrogen and oxygen atoms in total. The molecule has 1 aliphatic rings. The van der Waals surface area contributed by atoms with Crippen molar-refractivity contribution in [1.29, 1.82) is 0 Å². The first-order valence-corrected chi connectivity index (χ1v) is 7.42. The Morgan fingerprint density at radius 2 is 2.15 bits per heavy atom. The molecule has 1 aliphatic carbocycles. The lowest BCUT2D eigenvalue weighted by Gasteiger charge is -2.36.